The highest BCUT2D eigenvalue weighted by Gasteiger charge is 2.27. The molecule has 0 saturated carbocycles. The van der Waals surface area contributed by atoms with Crippen LogP contribution >= 0.6 is 22.7 Å². The van der Waals surface area contributed by atoms with Gasteiger partial charge in [0.25, 0.3) is 0 Å². The largest absolute Gasteiger partial charge is 0.392 e. The van der Waals surface area contributed by atoms with Gasteiger partial charge < -0.3 is 5.11 Å². The van der Waals surface area contributed by atoms with Gasteiger partial charge in [0.1, 0.15) is 0 Å². The molecule has 0 bridgehead atoms. The fourth-order valence-corrected chi connectivity index (χ4v) is 4.26. The molecular formula is C13H15NOS2. The van der Waals surface area contributed by atoms with Crippen molar-refractivity contribution in [3.05, 3.63) is 38.5 Å². The summed E-state index contributed by atoms with van der Waals surface area (Å²) in [6.07, 6.45) is 5.72. The normalized spacial score (nSPS) is 21.1. The number of nitrogens with zero attached hydrogens (tertiary/aromatic N) is 1. The van der Waals surface area contributed by atoms with Crippen molar-refractivity contribution in [2.45, 2.75) is 37.7 Å². The number of aryl methyl sites for hydroxylation is 1. The van der Waals surface area contributed by atoms with Gasteiger partial charge in [0, 0.05) is 28.8 Å². The smallest absolute Gasteiger partial charge is 0.0950 e. The van der Waals surface area contributed by atoms with E-state index >= 15 is 0 Å². The summed E-state index contributed by atoms with van der Waals surface area (Å²) in [5.74, 6) is 0.314. The van der Waals surface area contributed by atoms with E-state index in [1.165, 1.54) is 23.3 Å². The fraction of sp³-hybridized carbons (Fsp3) is 0.462. The minimum Gasteiger partial charge on any atom is -0.392 e. The minimum absolute atomic E-state index is 0.283. The zero-order valence-corrected chi connectivity index (χ0v) is 11.1. The fourth-order valence-electron chi connectivity index (χ4n) is 2.60. The summed E-state index contributed by atoms with van der Waals surface area (Å²) in [5.41, 5.74) is 1.38. The molecule has 0 aromatic carbocycles. The molecule has 1 aliphatic rings. The number of aliphatic hydroxyl groups excluding tert-OH is 1. The zero-order chi connectivity index (χ0) is 11.7. The summed E-state index contributed by atoms with van der Waals surface area (Å²) in [7, 11) is 0. The van der Waals surface area contributed by atoms with Crippen LogP contribution in [-0.2, 0) is 12.8 Å². The van der Waals surface area contributed by atoms with Gasteiger partial charge in [-0.25, -0.2) is 4.98 Å². The van der Waals surface area contributed by atoms with E-state index in [-0.39, 0.29) is 6.10 Å². The highest BCUT2D eigenvalue weighted by molar-refractivity contribution is 7.10. The van der Waals surface area contributed by atoms with Crippen LogP contribution in [0.25, 0.3) is 0 Å². The summed E-state index contributed by atoms with van der Waals surface area (Å²) >= 11 is 3.46. The number of aliphatic hydroxyl groups is 1. The summed E-state index contributed by atoms with van der Waals surface area (Å²) in [4.78, 5) is 5.73. The molecule has 2 nitrogen and oxygen atoms in total. The van der Waals surface area contributed by atoms with Crippen LogP contribution in [0.15, 0.2) is 23.0 Å². The van der Waals surface area contributed by atoms with Gasteiger partial charge in [-0.3, -0.25) is 0 Å². The van der Waals surface area contributed by atoms with Gasteiger partial charge in [-0.05, 0) is 36.3 Å². The Morgan fingerprint density at radius 1 is 1.41 bits per heavy atom. The van der Waals surface area contributed by atoms with Crippen molar-refractivity contribution < 1.29 is 5.11 Å². The second-order valence-corrected chi connectivity index (χ2v) is 6.47. The van der Waals surface area contributed by atoms with E-state index in [1.54, 1.807) is 11.3 Å². The van der Waals surface area contributed by atoms with Crippen LogP contribution in [0.3, 0.4) is 0 Å². The number of hydrogen-bond acceptors (Lipinski definition) is 4. The van der Waals surface area contributed by atoms with Crippen molar-refractivity contribution in [3.8, 4) is 0 Å². The molecule has 1 N–H and O–H groups in total. The summed E-state index contributed by atoms with van der Waals surface area (Å²) in [6, 6.07) is 2.19. The van der Waals surface area contributed by atoms with Crippen LogP contribution < -0.4 is 0 Å². The average Bonchev–Trinajstić information content (AvgIpc) is 2.97. The maximum atomic E-state index is 10.4. The molecule has 0 saturated heterocycles. The van der Waals surface area contributed by atoms with Crippen LogP contribution in [0.2, 0.25) is 0 Å². The highest BCUT2D eigenvalue weighted by Crippen LogP contribution is 2.37. The van der Waals surface area contributed by atoms with Crippen LogP contribution in [0.1, 0.15) is 34.2 Å². The molecule has 17 heavy (non-hydrogen) atoms. The molecule has 3 rings (SSSR count). The number of thiophene rings is 1. The zero-order valence-electron chi connectivity index (χ0n) is 9.50. The molecule has 90 valence electrons. The SMILES string of the molecule is OC(Cc1nccs1)C1CCCc2sccc21. The Bertz CT molecular complexity index is 477. The summed E-state index contributed by atoms with van der Waals surface area (Å²) in [6.45, 7) is 0. The standard InChI is InChI=1S/C13H15NOS2/c15-11(8-13-14-5-7-17-13)9-2-1-3-12-10(9)4-6-16-12/h4-7,9,11,15H,1-3,8H2. The molecule has 2 aromatic rings. The van der Waals surface area contributed by atoms with Gasteiger partial charge in [0.15, 0.2) is 0 Å². The van der Waals surface area contributed by atoms with E-state index in [0.29, 0.717) is 12.3 Å². The third kappa shape index (κ3) is 2.30. The van der Waals surface area contributed by atoms with Crippen LogP contribution in [-0.4, -0.2) is 16.2 Å². The Morgan fingerprint density at radius 2 is 2.35 bits per heavy atom. The van der Waals surface area contributed by atoms with E-state index in [1.807, 2.05) is 22.9 Å². The minimum atomic E-state index is -0.283. The Morgan fingerprint density at radius 3 is 3.18 bits per heavy atom. The van der Waals surface area contributed by atoms with Crippen molar-refractivity contribution >= 4 is 22.7 Å². The first-order valence-corrected chi connectivity index (χ1v) is 7.73. The molecule has 0 amide bonds. The molecule has 2 unspecified atom stereocenters. The van der Waals surface area contributed by atoms with Crippen LogP contribution in [0.4, 0.5) is 0 Å². The Balaban J connectivity index is 1.77. The van der Waals surface area contributed by atoms with Crippen molar-refractivity contribution in [2.75, 3.05) is 0 Å². The van der Waals surface area contributed by atoms with Gasteiger partial charge in [-0.15, -0.1) is 22.7 Å². The average molecular weight is 265 g/mol. The number of hydrogen-bond donors (Lipinski definition) is 1. The lowest BCUT2D eigenvalue weighted by Crippen LogP contribution is -2.24. The van der Waals surface area contributed by atoms with Crippen LogP contribution in [0, 0.1) is 0 Å². The van der Waals surface area contributed by atoms with Gasteiger partial charge in [0.05, 0.1) is 11.1 Å². The molecule has 0 aliphatic heterocycles. The second-order valence-electron chi connectivity index (χ2n) is 4.50. The second kappa shape index (κ2) is 4.88. The van der Waals surface area contributed by atoms with E-state index in [0.717, 1.165) is 11.4 Å². The lowest BCUT2D eigenvalue weighted by atomic mass is 9.83. The number of aromatic nitrogens is 1. The van der Waals surface area contributed by atoms with Crippen LogP contribution in [0.5, 0.6) is 0 Å². The molecular weight excluding hydrogens is 250 g/mol. The van der Waals surface area contributed by atoms with Gasteiger partial charge in [0.2, 0.25) is 0 Å². The quantitative estimate of drug-likeness (QED) is 0.924. The molecule has 2 aromatic heterocycles. The topological polar surface area (TPSA) is 33.1 Å². The van der Waals surface area contributed by atoms with Gasteiger partial charge in [-0.2, -0.15) is 0 Å². The van der Waals surface area contributed by atoms with E-state index < -0.39 is 0 Å². The molecule has 4 heteroatoms. The lowest BCUT2D eigenvalue weighted by molar-refractivity contribution is 0.135. The van der Waals surface area contributed by atoms with E-state index in [2.05, 4.69) is 16.4 Å². The van der Waals surface area contributed by atoms with Gasteiger partial charge >= 0.3 is 0 Å². The first-order valence-electron chi connectivity index (χ1n) is 5.97. The van der Waals surface area contributed by atoms with E-state index in [9.17, 15) is 5.11 Å². The monoisotopic (exact) mass is 265 g/mol. The van der Waals surface area contributed by atoms with Gasteiger partial charge in [-0.1, -0.05) is 0 Å². The molecule has 2 heterocycles. The maximum absolute atomic E-state index is 10.4. The van der Waals surface area contributed by atoms with Crippen molar-refractivity contribution in [1.82, 2.24) is 4.98 Å². The lowest BCUT2D eigenvalue weighted by Gasteiger charge is -2.26. The number of fused-ring (bicyclic) bond motifs is 1. The first kappa shape index (κ1) is 11.4. The molecule has 0 radical (unpaired) electrons. The molecule has 2 atom stereocenters. The summed E-state index contributed by atoms with van der Waals surface area (Å²) < 4.78 is 0. The maximum Gasteiger partial charge on any atom is 0.0950 e. The Labute approximate surface area is 109 Å². The van der Waals surface area contributed by atoms with Crippen molar-refractivity contribution in [2.24, 2.45) is 0 Å². The highest BCUT2D eigenvalue weighted by atomic mass is 32.1. The predicted molar refractivity (Wildman–Crippen MR) is 71.8 cm³/mol. The van der Waals surface area contributed by atoms with Crippen molar-refractivity contribution in [1.29, 1.82) is 0 Å². The first-order chi connectivity index (χ1) is 8.34. The molecule has 0 spiro atoms. The Hall–Kier alpha value is -0.710. The van der Waals surface area contributed by atoms with Crippen molar-refractivity contribution in [3.63, 3.8) is 0 Å². The predicted octanol–water partition coefficient (Wildman–Crippen LogP) is 3.23. The third-order valence-corrected chi connectivity index (χ3v) is 5.23. The number of rotatable bonds is 3. The summed E-state index contributed by atoms with van der Waals surface area (Å²) in [5, 5.41) is 15.5. The molecule has 0 fully saturated rings. The Kier molecular flexibility index (Phi) is 3.27. The van der Waals surface area contributed by atoms with E-state index in [4.69, 9.17) is 0 Å². The third-order valence-electron chi connectivity index (χ3n) is 3.43. The number of thiazole rings is 1. The molecule has 1 aliphatic carbocycles.